The van der Waals surface area contributed by atoms with Crippen molar-refractivity contribution < 1.29 is 9.59 Å². The zero-order valence-electron chi connectivity index (χ0n) is 14.4. The summed E-state index contributed by atoms with van der Waals surface area (Å²) >= 11 is 0. The number of rotatable bonds is 4. The Bertz CT molecular complexity index is 826. The van der Waals surface area contributed by atoms with Gasteiger partial charge in [-0.1, -0.05) is 42.0 Å². The molecule has 0 radical (unpaired) electrons. The number of carbonyl (C=O) groups excluding carboxylic acids is 2. The van der Waals surface area contributed by atoms with Crippen LogP contribution in [0.2, 0.25) is 0 Å². The lowest BCUT2D eigenvalue weighted by molar-refractivity contribution is -0.123. The van der Waals surface area contributed by atoms with E-state index in [9.17, 15) is 9.59 Å². The van der Waals surface area contributed by atoms with Crippen molar-refractivity contribution >= 4 is 23.2 Å². The van der Waals surface area contributed by atoms with E-state index in [1.807, 2.05) is 41.3 Å². The van der Waals surface area contributed by atoms with Gasteiger partial charge in [-0.25, -0.2) is 0 Å². The lowest BCUT2D eigenvalue weighted by atomic mass is 10.1. The van der Waals surface area contributed by atoms with Gasteiger partial charge in [-0.3, -0.25) is 9.59 Å². The molecule has 1 heterocycles. The molecular weight excluding hydrogens is 312 g/mol. The van der Waals surface area contributed by atoms with E-state index in [2.05, 4.69) is 19.1 Å². The summed E-state index contributed by atoms with van der Waals surface area (Å²) in [4.78, 5) is 29.0. The number of aryl methyl sites for hydroxylation is 2. The molecule has 2 aliphatic rings. The van der Waals surface area contributed by atoms with Gasteiger partial charge in [-0.05, 0) is 43.9 Å². The van der Waals surface area contributed by atoms with E-state index in [4.69, 9.17) is 0 Å². The zero-order chi connectivity index (χ0) is 17.4. The molecule has 0 N–H and O–H groups in total. The second kappa shape index (κ2) is 6.36. The number of hydrogen-bond acceptors (Lipinski definition) is 2. The van der Waals surface area contributed by atoms with Crippen molar-refractivity contribution in [3.05, 3.63) is 59.7 Å². The molecule has 0 saturated heterocycles. The standard InChI is InChI=1S/C21H22N2O2/c1-15-5-4-6-16(13-15)9-12-20(24)22-14-21(25)23(17-10-11-17)19-8-3-2-7-18(19)22/h2-8,13,17H,9-12,14H2,1H3. The van der Waals surface area contributed by atoms with Crippen LogP contribution in [0.25, 0.3) is 0 Å². The molecule has 4 rings (SSSR count). The molecule has 2 aromatic carbocycles. The van der Waals surface area contributed by atoms with Crippen LogP contribution in [-0.4, -0.2) is 24.4 Å². The maximum atomic E-state index is 12.8. The van der Waals surface area contributed by atoms with Crippen molar-refractivity contribution in [3.8, 4) is 0 Å². The lowest BCUT2D eigenvalue weighted by Crippen LogP contribution is -2.49. The fourth-order valence-corrected chi connectivity index (χ4v) is 3.54. The molecule has 0 atom stereocenters. The SMILES string of the molecule is Cc1cccc(CCC(=O)N2CC(=O)N(C3CC3)c3ccccc32)c1. The van der Waals surface area contributed by atoms with E-state index in [1.54, 1.807) is 4.90 Å². The Balaban J connectivity index is 1.54. The van der Waals surface area contributed by atoms with Gasteiger partial charge >= 0.3 is 0 Å². The Labute approximate surface area is 148 Å². The first kappa shape index (κ1) is 15.9. The summed E-state index contributed by atoms with van der Waals surface area (Å²) in [5.41, 5.74) is 4.10. The molecule has 25 heavy (non-hydrogen) atoms. The highest BCUT2D eigenvalue weighted by Gasteiger charge is 2.40. The number of amides is 2. The molecule has 2 aromatic rings. The van der Waals surface area contributed by atoms with Crippen LogP contribution in [0, 0.1) is 6.92 Å². The van der Waals surface area contributed by atoms with Crippen LogP contribution in [0.5, 0.6) is 0 Å². The van der Waals surface area contributed by atoms with Gasteiger partial charge in [-0.15, -0.1) is 0 Å². The number of nitrogens with zero attached hydrogens (tertiary/aromatic N) is 2. The fraction of sp³-hybridized carbons (Fsp3) is 0.333. The van der Waals surface area contributed by atoms with Crippen molar-refractivity contribution in [3.63, 3.8) is 0 Å². The third-order valence-corrected chi connectivity index (χ3v) is 4.92. The molecule has 0 aromatic heterocycles. The normalized spacial score (nSPS) is 16.8. The molecule has 128 valence electrons. The molecule has 0 unspecified atom stereocenters. The molecule has 1 fully saturated rings. The number of hydrogen-bond donors (Lipinski definition) is 0. The Morgan fingerprint density at radius 1 is 1.08 bits per heavy atom. The number of anilines is 2. The van der Waals surface area contributed by atoms with Gasteiger partial charge in [0.15, 0.2) is 0 Å². The summed E-state index contributed by atoms with van der Waals surface area (Å²) in [6.45, 7) is 2.21. The first-order chi connectivity index (χ1) is 12.1. The summed E-state index contributed by atoms with van der Waals surface area (Å²) in [6.07, 6.45) is 3.22. The summed E-state index contributed by atoms with van der Waals surface area (Å²) in [5, 5.41) is 0. The third kappa shape index (κ3) is 3.16. The smallest absolute Gasteiger partial charge is 0.247 e. The van der Waals surface area contributed by atoms with E-state index >= 15 is 0 Å². The maximum absolute atomic E-state index is 12.8. The Morgan fingerprint density at radius 3 is 2.56 bits per heavy atom. The molecule has 4 heteroatoms. The average Bonchev–Trinajstić information content (AvgIpc) is 3.44. The minimum atomic E-state index is 0.0118. The minimum absolute atomic E-state index is 0.0118. The highest BCUT2D eigenvalue weighted by molar-refractivity contribution is 6.11. The number of benzene rings is 2. The van der Waals surface area contributed by atoms with Gasteiger partial charge in [0.2, 0.25) is 11.8 Å². The minimum Gasteiger partial charge on any atom is -0.306 e. The summed E-state index contributed by atoms with van der Waals surface area (Å²) < 4.78 is 0. The molecule has 0 spiro atoms. The highest BCUT2D eigenvalue weighted by Crippen LogP contribution is 2.40. The van der Waals surface area contributed by atoms with Crippen LogP contribution < -0.4 is 9.80 Å². The number of para-hydroxylation sites is 2. The van der Waals surface area contributed by atoms with Crippen molar-refractivity contribution in [2.24, 2.45) is 0 Å². The summed E-state index contributed by atoms with van der Waals surface area (Å²) in [5.74, 6) is 0.0443. The summed E-state index contributed by atoms with van der Waals surface area (Å²) in [6, 6.07) is 16.3. The average molecular weight is 334 g/mol. The number of carbonyl (C=O) groups is 2. The van der Waals surface area contributed by atoms with E-state index < -0.39 is 0 Å². The predicted octanol–water partition coefficient (Wildman–Crippen LogP) is 3.47. The van der Waals surface area contributed by atoms with Crippen LogP contribution in [0.1, 0.15) is 30.4 Å². The van der Waals surface area contributed by atoms with E-state index in [-0.39, 0.29) is 18.4 Å². The Kier molecular flexibility index (Phi) is 4.04. The van der Waals surface area contributed by atoms with E-state index in [0.29, 0.717) is 18.9 Å². The topological polar surface area (TPSA) is 40.6 Å². The lowest BCUT2D eigenvalue weighted by Gasteiger charge is -2.36. The molecule has 1 saturated carbocycles. The quantitative estimate of drug-likeness (QED) is 0.859. The first-order valence-electron chi connectivity index (χ1n) is 8.90. The first-order valence-corrected chi connectivity index (χ1v) is 8.90. The van der Waals surface area contributed by atoms with Crippen LogP contribution in [-0.2, 0) is 16.0 Å². The third-order valence-electron chi connectivity index (χ3n) is 4.92. The van der Waals surface area contributed by atoms with Gasteiger partial charge in [0.1, 0.15) is 6.54 Å². The molecule has 1 aliphatic heterocycles. The predicted molar refractivity (Wildman–Crippen MR) is 98.8 cm³/mol. The van der Waals surface area contributed by atoms with E-state index in [1.165, 1.54) is 5.56 Å². The van der Waals surface area contributed by atoms with Crippen molar-refractivity contribution in [1.29, 1.82) is 0 Å². The molecular formula is C21H22N2O2. The number of fused-ring (bicyclic) bond motifs is 1. The maximum Gasteiger partial charge on any atom is 0.247 e. The van der Waals surface area contributed by atoms with Crippen LogP contribution in [0.3, 0.4) is 0 Å². The van der Waals surface area contributed by atoms with Crippen molar-refractivity contribution in [2.45, 2.75) is 38.6 Å². The van der Waals surface area contributed by atoms with Crippen LogP contribution in [0.4, 0.5) is 11.4 Å². The fourth-order valence-electron chi connectivity index (χ4n) is 3.54. The van der Waals surface area contributed by atoms with Gasteiger partial charge in [0.25, 0.3) is 0 Å². The van der Waals surface area contributed by atoms with Gasteiger partial charge < -0.3 is 9.80 Å². The molecule has 1 aliphatic carbocycles. The zero-order valence-corrected chi connectivity index (χ0v) is 14.4. The Morgan fingerprint density at radius 2 is 1.84 bits per heavy atom. The second-order valence-corrected chi connectivity index (χ2v) is 6.95. The molecule has 2 amide bonds. The van der Waals surface area contributed by atoms with E-state index in [0.717, 1.165) is 29.8 Å². The van der Waals surface area contributed by atoms with Gasteiger partial charge in [-0.2, -0.15) is 0 Å². The highest BCUT2D eigenvalue weighted by atomic mass is 16.2. The molecule has 0 bridgehead atoms. The second-order valence-electron chi connectivity index (χ2n) is 6.95. The van der Waals surface area contributed by atoms with Crippen LogP contribution >= 0.6 is 0 Å². The molecule has 4 nitrogen and oxygen atoms in total. The Hall–Kier alpha value is -2.62. The monoisotopic (exact) mass is 334 g/mol. The van der Waals surface area contributed by atoms with Crippen LogP contribution in [0.15, 0.2) is 48.5 Å². The largest absolute Gasteiger partial charge is 0.306 e. The van der Waals surface area contributed by atoms with Crippen molar-refractivity contribution in [1.82, 2.24) is 0 Å². The van der Waals surface area contributed by atoms with Crippen molar-refractivity contribution in [2.75, 3.05) is 16.3 Å². The summed E-state index contributed by atoms with van der Waals surface area (Å²) in [7, 11) is 0. The van der Waals surface area contributed by atoms with Gasteiger partial charge in [0.05, 0.1) is 11.4 Å². The van der Waals surface area contributed by atoms with Gasteiger partial charge in [0, 0.05) is 12.5 Å².